The summed E-state index contributed by atoms with van der Waals surface area (Å²) in [5, 5.41) is 24.2. The highest BCUT2D eigenvalue weighted by Crippen LogP contribution is 2.21. The Morgan fingerprint density at radius 2 is 1.81 bits per heavy atom. The summed E-state index contributed by atoms with van der Waals surface area (Å²) in [5.74, 6) is -2.46. The van der Waals surface area contributed by atoms with Crippen LogP contribution >= 0.6 is 0 Å². The Morgan fingerprint density at radius 1 is 1.11 bits per heavy atom. The van der Waals surface area contributed by atoms with Crippen molar-refractivity contribution >= 4 is 35.5 Å². The highest BCUT2D eigenvalue weighted by atomic mass is 16.5. The fourth-order valence-corrected chi connectivity index (χ4v) is 3.20. The molecule has 3 amide bonds. The number of ether oxygens (including phenoxy) is 1. The zero-order chi connectivity index (χ0) is 26.7. The maximum absolute atomic E-state index is 13.3. The third-order valence-corrected chi connectivity index (χ3v) is 5.10. The van der Waals surface area contributed by atoms with Gasteiger partial charge in [0.25, 0.3) is 0 Å². The number of nitrogens with one attached hydrogen (secondary N) is 4. The fourth-order valence-electron chi connectivity index (χ4n) is 3.20. The molecule has 36 heavy (non-hydrogen) atoms. The Morgan fingerprint density at radius 3 is 2.36 bits per heavy atom. The second kappa shape index (κ2) is 12.6. The molecular formula is C22H28N8O6. The molecule has 2 aromatic rings. The number of anilines is 1. The van der Waals surface area contributed by atoms with Crippen LogP contribution in [0.5, 0.6) is 0 Å². The van der Waals surface area contributed by atoms with Crippen LogP contribution in [-0.4, -0.2) is 64.0 Å². The predicted octanol–water partition coefficient (Wildman–Crippen LogP) is -0.722. The average Bonchev–Trinajstić information content (AvgIpc) is 2.85. The van der Waals surface area contributed by atoms with Crippen molar-refractivity contribution in [2.75, 3.05) is 19.4 Å². The first-order valence-electron chi connectivity index (χ1n) is 10.7. The highest BCUT2D eigenvalue weighted by molar-refractivity contribution is 5.95. The molecule has 0 spiro atoms. The SMILES string of the molecule is COC(=O)N[C@@](CCC(=O)O)(Cc1ccc(C(=N)N)cc1)C(=O)NCC(=O)NCc1cnc(N)cn1. The molecule has 0 aliphatic rings. The summed E-state index contributed by atoms with van der Waals surface area (Å²) in [7, 11) is 1.10. The zero-order valence-electron chi connectivity index (χ0n) is 19.5. The number of nitrogen functional groups attached to an aromatic ring is 2. The molecule has 1 aromatic carbocycles. The van der Waals surface area contributed by atoms with E-state index in [2.05, 4.69) is 30.7 Å². The average molecular weight is 501 g/mol. The zero-order valence-corrected chi connectivity index (χ0v) is 19.5. The van der Waals surface area contributed by atoms with Crippen molar-refractivity contribution < 1.29 is 29.0 Å². The fraction of sp³-hybridized carbons (Fsp3) is 0.318. The van der Waals surface area contributed by atoms with Crippen molar-refractivity contribution in [2.24, 2.45) is 5.73 Å². The van der Waals surface area contributed by atoms with Crippen LogP contribution in [-0.2, 0) is 32.1 Å². The van der Waals surface area contributed by atoms with E-state index in [4.69, 9.17) is 16.9 Å². The van der Waals surface area contributed by atoms with Gasteiger partial charge in [-0.15, -0.1) is 0 Å². The van der Waals surface area contributed by atoms with E-state index in [1.54, 1.807) is 24.3 Å². The lowest BCUT2D eigenvalue weighted by Crippen LogP contribution is -2.61. The molecule has 1 heterocycles. The summed E-state index contributed by atoms with van der Waals surface area (Å²) in [6, 6.07) is 6.31. The van der Waals surface area contributed by atoms with Gasteiger partial charge in [-0.3, -0.25) is 24.8 Å². The van der Waals surface area contributed by atoms with Gasteiger partial charge in [-0.1, -0.05) is 24.3 Å². The standard InChI is InChI=1S/C22H28N8O6/c1-36-21(35)30-22(7-6-18(32)33,8-13-2-4-14(5-3-13)19(24)25)20(34)29-12-17(31)28-10-15-9-27-16(23)11-26-15/h2-5,9,11H,6-8,10,12H2,1H3,(H2,23,27)(H3,24,25)(H,28,31)(H,29,34)(H,30,35)(H,32,33)/t22-/m0/s1. The van der Waals surface area contributed by atoms with E-state index in [0.717, 1.165) is 7.11 Å². The smallest absolute Gasteiger partial charge is 0.407 e. The molecule has 0 aliphatic heterocycles. The Kier molecular flexibility index (Phi) is 9.65. The summed E-state index contributed by atoms with van der Waals surface area (Å²) >= 11 is 0. The molecule has 0 aliphatic carbocycles. The third-order valence-electron chi connectivity index (χ3n) is 5.10. The van der Waals surface area contributed by atoms with E-state index in [1.807, 2.05) is 0 Å². The van der Waals surface area contributed by atoms with E-state index >= 15 is 0 Å². The lowest BCUT2D eigenvalue weighted by molar-refractivity contribution is -0.138. The minimum absolute atomic E-state index is 0.0368. The second-order valence-electron chi connectivity index (χ2n) is 7.77. The first-order valence-corrected chi connectivity index (χ1v) is 10.7. The van der Waals surface area contributed by atoms with Crippen LogP contribution in [0.1, 0.15) is 29.7 Å². The number of benzene rings is 1. The molecule has 0 fully saturated rings. The monoisotopic (exact) mass is 500 g/mol. The molecule has 0 radical (unpaired) electrons. The summed E-state index contributed by atoms with van der Waals surface area (Å²) < 4.78 is 4.65. The van der Waals surface area contributed by atoms with Crippen LogP contribution in [0.3, 0.4) is 0 Å². The maximum atomic E-state index is 13.3. The Hall–Kier alpha value is -4.75. The minimum Gasteiger partial charge on any atom is -0.481 e. The summed E-state index contributed by atoms with van der Waals surface area (Å²) in [4.78, 5) is 56.9. The van der Waals surface area contributed by atoms with Gasteiger partial charge in [-0.05, 0) is 12.0 Å². The normalized spacial score (nSPS) is 12.0. The minimum atomic E-state index is -1.76. The van der Waals surface area contributed by atoms with E-state index in [9.17, 15) is 24.3 Å². The molecule has 0 bridgehead atoms. The Bertz CT molecular complexity index is 1110. The number of carboxylic acid groups (broad SMARTS) is 1. The number of alkyl carbamates (subject to hydrolysis) is 1. The molecular weight excluding hydrogens is 472 g/mol. The summed E-state index contributed by atoms with van der Waals surface area (Å²) in [5.41, 5.74) is 10.6. The van der Waals surface area contributed by atoms with Gasteiger partial charge in [0.15, 0.2) is 0 Å². The number of nitrogens with zero attached hydrogens (tertiary/aromatic N) is 2. The molecule has 14 heteroatoms. The number of methoxy groups -OCH3 is 1. The number of amides is 3. The number of hydrogen-bond donors (Lipinski definition) is 7. The summed E-state index contributed by atoms with van der Waals surface area (Å²) in [6.07, 6.45) is 0.903. The largest absolute Gasteiger partial charge is 0.481 e. The van der Waals surface area contributed by atoms with Crippen molar-refractivity contribution in [1.29, 1.82) is 5.41 Å². The van der Waals surface area contributed by atoms with Gasteiger partial charge in [0.05, 0.1) is 38.3 Å². The van der Waals surface area contributed by atoms with Gasteiger partial charge >= 0.3 is 12.1 Å². The molecule has 192 valence electrons. The van der Waals surface area contributed by atoms with E-state index < -0.39 is 42.4 Å². The van der Waals surface area contributed by atoms with Crippen molar-refractivity contribution in [3.8, 4) is 0 Å². The number of aromatic nitrogens is 2. The molecule has 1 atom stereocenters. The van der Waals surface area contributed by atoms with Gasteiger partial charge in [-0.25, -0.2) is 9.78 Å². The van der Waals surface area contributed by atoms with Gasteiger partial charge in [0.2, 0.25) is 11.8 Å². The molecule has 0 saturated heterocycles. The second-order valence-corrected chi connectivity index (χ2v) is 7.77. The van der Waals surface area contributed by atoms with Gasteiger partial charge < -0.3 is 37.3 Å². The number of nitrogens with two attached hydrogens (primary N) is 2. The number of carboxylic acids is 1. The number of amidine groups is 1. The number of carbonyl (C=O) groups is 4. The lowest BCUT2D eigenvalue weighted by atomic mass is 9.85. The van der Waals surface area contributed by atoms with Gasteiger partial charge in [0, 0.05) is 18.4 Å². The number of aliphatic carboxylic acids is 1. The Balaban J connectivity index is 2.19. The van der Waals surface area contributed by atoms with Crippen LogP contribution in [0.25, 0.3) is 0 Å². The Labute approximate surface area is 206 Å². The van der Waals surface area contributed by atoms with Crippen molar-refractivity contribution in [1.82, 2.24) is 25.9 Å². The van der Waals surface area contributed by atoms with Crippen molar-refractivity contribution in [3.05, 3.63) is 53.5 Å². The highest BCUT2D eigenvalue weighted by Gasteiger charge is 2.41. The van der Waals surface area contributed by atoms with Crippen LogP contribution < -0.4 is 27.4 Å². The predicted molar refractivity (Wildman–Crippen MR) is 128 cm³/mol. The topological polar surface area (TPSA) is 236 Å². The maximum Gasteiger partial charge on any atom is 0.407 e. The quantitative estimate of drug-likeness (QED) is 0.142. The number of hydrogen-bond acceptors (Lipinski definition) is 9. The van der Waals surface area contributed by atoms with Crippen LogP contribution in [0.15, 0.2) is 36.7 Å². The van der Waals surface area contributed by atoms with Crippen molar-refractivity contribution in [3.63, 3.8) is 0 Å². The van der Waals surface area contributed by atoms with Crippen LogP contribution in [0, 0.1) is 5.41 Å². The van der Waals surface area contributed by atoms with E-state index in [1.165, 1.54) is 12.4 Å². The molecule has 1 aromatic heterocycles. The van der Waals surface area contributed by atoms with Gasteiger partial charge in [-0.2, -0.15) is 0 Å². The number of rotatable bonds is 12. The lowest BCUT2D eigenvalue weighted by Gasteiger charge is -2.33. The van der Waals surface area contributed by atoms with E-state index in [0.29, 0.717) is 16.8 Å². The van der Waals surface area contributed by atoms with Gasteiger partial charge in [0.1, 0.15) is 17.2 Å². The molecule has 0 unspecified atom stereocenters. The molecule has 14 nitrogen and oxygen atoms in total. The van der Waals surface area contributed by atoms with E-state index in [-0.39, 0.29) is 31.0 Å². The van der Waals surface area contributed by atoms with Crippen LogP contribution in [0.4, 0.5) is 10.6 Å². The van der Waals surface area contributed by atoms with Crippen LogP contribution in [0.2, 0.25) is 0 Å². The molecule has 2 rings (SSSR count). The number of carbonyl (C=O) groups excluding carboxylic acids is 3. The molecule has 0 saturated carbocycles. The first-order chi connectivity index (χ1) is 17.0. The third kappa shape index (κ3) is 8.23. The van der Waals surface area contributed by atoms with Crippen molar-refractivity contribution in [2.45, 2.75) is 31.3 Å². The first kappa shape index (κ1) is 27.5. The summed E-state index contributed by atoms with van der Waals surface area (Å²) in [6.45, 7) is -0.419. The molecule has 9 N–H and O–H groups in total.